The molecule has 1 unspecified atom stereocenters. The molecular weight excluding hydrogens is 238 g/mol. The summed E-state index contributed by atoms with van der Waals surface area (Å²) in [6.07, 6.45) is 1.50. The van der Waals surface area contributed by atoms with E-state index in [1.54, 1.807) is 0 Å². The summed E-state index contributed by atoms with van der Waals surface area (Å²) in [7, 11) is 0. The van der Waals surface area contributed by atoms with Gasteiger partial charge in [-0.15, -0.1) is 0 Å². The van der Waals surface area contributed by atoms with Crippen molar-refractivity contribution >= 4 is 11.8 Å². The average Bonchev–Trinajstić information content (AvgIpc) is 2.94. The Bertz CT molecular complexity index is 358. The molecule has 6 heteroatoms. The van der Waals surface area contributed by atoms with Gasteiger partial charge < -0.3 is 14.9 Å². The van der Waals surface area contributed by atoms with Gasteiger partial charge >= 0.3 is 0 Å². The zero-order chi connectivity index (χ0) is 12.3. The number of rotatable bonds is 5. The van der Waals surface area contributed by atoms with Crippen LogP contribution in [0, 0.1) is 0 Å². The van der Waals surface area contributed by atoms with Crippen molar-refractivity contribution in [1.29, 1.82) is 0 Å². The SMILES string of the molecule is CCC(C)SCc1noc([C@@H]2C[C@@H](O)CN2)n1. The molecule has 1 aliphatic heterocycles. The molecule has 17 heavy (non-hydrogen) atoms. The number of nitrogens with one attached hydrogen (secondary N) is 1. The predicted octanol–water partition coefficient (Wildman–Crippen LogP) is 1.50. The van der Waals surface area contributed by atoms with Crippen LogP contribution >= 0.6 is 11.8 Å². The third kappa shape index (κ3) is 3.43. The van der Waals surface area contributed by atoms with Crippen LogP contribution in [-0.2, 0) is 5.75 Å². The van der Waals surface area contributed by atoms with Gasteiger partial charge in [0.2, 0.25) is 5.89 Å². The molecule has 0 aromatic carbocycles. The second-order valence-electron chi connectivity index (χ2n) is 4.43. The van der Waals surface area contributed by atoms with Gasteiger partial charge in [0.15, 0.2) is 5.82 Å². The van der Waals surface area contributed by atoms with E-state index < -0.39 is 0 Å². The number of aliphatic hydroxyl groups excluding tert-OH is 1. The molecule has 2 N–H and O–H groups in total. The van der Waals surface area contributed by atoms with Crippen molar-refractivity contribution in [3.63, 3.8) is 0 Å². The highest BCUT2D eigenvalue weighted by molar-refractivity contribution is 7.99. The molecule has 1 aliphatic rings. The molecule has 3 atom stereocenters. The van der Waals surface area contributed by atoms with Gasteiger partial charge in [0.25, 0.3) is 0 Å². The van der Waals surface area contributed by atoms with Crippen molar-refractivity contribution in [3.05, 3.63) is 11.7 Å². The van der Waals surface area contributed by atoms with E-state index in [0.717, 1.165) is 18.0 Å². The van der Waals surface area contributed by atoms with Gasteiger partial charge in [0, 0.05) is 11.8 Å². The molecule has 96 valence electrons. The highest BCUT2D eigenvalue weighted by Crippen LogP contribution is 2.23. The van der Waals surface area contributed by atoms with Gasteiger partial charge in [-0.2, -0.15) is 16.7 Å². The van der Waals surface area contributed by atoms with E-state index in [1.807, 2.05) is 11.8 Å². The summed E-state index contributed by atoms with van der Waals surface area (Å²) < 4.78 is 5.21. The number of nitrogens with zero attached hydrogens (tertiary/aromatic N) is 2. The lowest BCUT2D eigenvalue weighted by molar-refractivity contribution is 0.191. The molecular formula is C11H19N3O2S. The number of aliphatic hydroxyl groups is 1. The Morgan fingerprint density at radius 1 is 1.65 bits per heavy atom. The molecule has 1 fully saturated rings. The minimum atomic E-state index is -0.301. The van der Waals surface area contributed by atoms with Gasteiger partial charge in [-0.05, 0) is 12.8 Å². The number of hydrogen-bond donors (Lipinski definition) is 2. The van der Waals surface area contributed by atoms with Crippen molar-refractivity contribution in [2.75, 3.05) is 6.54 Å². The second kappa shape index (κ2) is 5.84. The molecule has 0 radical (unpaired) electrons. The van der Waals surface area contributed by atoms with Crippen molar-refractivity contribution in [2.24, 2.45) is 0 Å². The topological polar surface area (TPSA) is 71.2 Å². The standard InChI is InChI=1S/C11H19N3O2S/c1-3-7(2)17-6-10-13-11(16-14-10)9-4-8(15)5-12-9/h7-9,12,15H,3-6H2,1-2H3/t7?,8-,9+/m1/s1. The van der Waals surface area contributed by atoms with E-state index in [4.69, 9.17) is 4.52 Å². The third-order valence-corrected chi connectivity index (χ3v) is 4.29. The zero-order valence-electron chi connectivity index (χ0n) is 10.2. The zero-order valence-corrected chi connectivity index (χ0v) is 11.0. The maximum Gasteiger partial charge on any atom is 0.243 e. The van der Waals surface area contributed by atoms with Crippen molar-refractivity contribution in [1.82, 2.24) is 15.5 Å². The molecule has 2 heterocycles. The number of hydrogen-bond acceptors (Lipinski definition) is 6. The smallest absolute Gasteiger partial charge is 0.243 e. The van der Waals surface area contributed by atoms with Crippen molar-refractivity contribution in [2.45, 2.75) is 49.8 Å². The predicted molar refractivity (Wildman–Crippen MR) is 66.7 cm³/mol. The molecule has 2 rings (SSSR count). The van der Waals surface area contributed by atoms with Gasteiger partial charge in [-0.1, -0.05) is 19.0 Å². The average molecular weight is 257 g/mol. The fraction of sp³-hybridized carbons (Fsp3) is 0.818. The molecule has 1 aromatic rings. The van der Waals surface area contributed by atoms with Gasteiger partial charge in [-0.3, -0.25) is 0 Å². The summed E-state index contributed by atoms with van der Waals surface area (Å²) in [6.45, 7) is 4.97. The summed E-state index contributed by atoms with van der Waals surface area (Å²) in [5, 5.41) is 17.2. The maximum absolute atomic E-state index is 9.42. The summed E-state index contributed by atoms with van der Waals surface area (Å²) in [4.78, 5) is 4.36. The van der Waals surface area contributed by atoms with Crippen LogP contribution in [0.1, 0.15) is 44.4 Å². The van der Waals surface area contributed by atoms with Gasteiger partial charge in [0.05, 0.1) is 17.9 Å². The Balaban J connectivity index is 1.87. The normalized spacial score (nSPS) is 26.3. The Hall–Kier alpha value is -0.590. The fourth-order valence-corrected chi connectivity index (χ4v) is 2.49. The van der Waals surface area contributed by atoms with Gasteiger partial charge in [0.1, 0.15) is 0 Å². The molecule has 5 nitrogen and oxygen atoms in total. The van der Waals surface area contributed by atoms with E-state index in [9.17, 15) is 5.11 Å². The molecule has 0 bridgehead atoms. The van der Waals surface area contributed by atoms with Crippen LogP contribution in [0.25, 0.3) is 0 Å². The molecule has 0 saturated carbocycles. The van der Waals surface area contributed by atoms with E-state index in [1.165, 1.54) is 0 Å². The third-order valence-electron chi connectivity index (χ3n) is 2.96. The van der Waals surface area contributed by atoms with Crippen LogP contribution in [0.2, 0.25) is 0 Å². The van der Waals surface area contributed by atoms with Crippen LogP contribution in [-0.4, -0.2) is 33.1 Å². The molecule has 1 aromatic heterocycles. The number of β-amino-alcohol motifs (C(OH)–C–C–N with tert-alkyl or cyclic N) is 1. The molecule has 1 saturated heterocycles. The quantitative estimate of drug-likeness (QED) is 0.833. The van der Waals surface area contributed by atoms with Gasteiger partial charge in [-0.25, -0.2) is 0 Å². The summed E-state index contributed by atoms with van der Waals surface area (Å²) >= 11 is 1.83. The lowest BCUT2D eigenvalue weighted by Gasteiger charge is -2.04. The highest BCUT2D eigenvalue weighted by Gasteiger charge is 2.28. The van der Waals surface area contributed by atoms with E-state index in [-0.39, 0.29) is 12.1 Å². The van der Waals surface area contributed by atoms with Crippen molar-refractivity contribution < 1.29 is 9.63 Å². The Morgan fingerprint density at radius 2 is 2.47 bits per heavy atom. The van der Waals surface area contributed by atoms with Crippen LogP contribution in [0.15, 0.2) is 4.52 Å². The Kier molecular flexibility index (Phi) is 4.42. The maximum atomic E-state index is 9.42. The van der Waals surface area contributed by atoms with Crippen LogP contribution < -0.4 is 5.32 Å². The first-order valence-electron chi connectivity index (χ1n) is 6.04. The number of thioether (sulfide) groups is 1. The van der Waals surface area contributed by atoms with E-state index in [0.29, 0.717) is 24.1 Å². The largest absolute Gasteiger partial charge is 0.392 e. The molecule has 0 amide bonds. The van der Waals surface area contributed by atoms with Crippen LogP contribution in [0.3, 0.4) is 0 Å². The van der Waals surface area contributed by atoms with E-state index >= 15 is 0 Å². The first kappa shape index (κ1) is 12.9. The number of aromatic nitrogens is 2. The molecule has 0 spiro atoms. The van der Waals surface area contributed by atoms with Crippen molar-refractivity contribution in [3.8, 4) is 0 Å². The van der Waals surface area contributed by atoms with Crippen LogP contribution in [0.4, 0.5) is 0 Å². The minimum absolute atomic E-state index is 0.0137. The summed E-state index contributed by atoms with van der Waals surface area (Å²) in [5.74, 6) is 2.13. The second-order valence-corrected chi connectivity index (χ2v) is 5.86. The summed E-state index contributed by atoms with van der Waals surface area (Å²) in [6, 6.07) is 0.0137. The first-order valence-corrected chi connectivity index (χ1v) is 7.09. The van der Waals surface area contributed by atoms with E-state index in [2.05, 4.69) is 29.3 Å². The molecule has 0 aliphatic carbocycles. The Morgan fingerprint density at radius 3 is 3.12 bits per heavy atom. The first-order chi connectivity index (χ1) is 8.19. The monoisotopic (exact) mass is 257 g/mol. The lowest BCUT2D eigenvalue weighted by Crippen LogP contribution is -2.15. The minimum Gasteiger partial charge on any atom is -0.392 e. The van der Waals surface area contributed by atoms with Crippen LogP contribution in [0.5, 0.6) is 0 Å². The Labute approximate surface area is 105 Å². The highest BCUT2D eigenvalue weighted by atomic mass is 32.2. The lowest BCUT2D eigenvalue weighted by atomic mass is 10.2. The fourth-order valence-electron chi connectivity index (χ4n) is 1.71. The summed E-state index contributed by atoms with van der Waals surface area (Å²) in [5.41, 5.74) is 0.